The van der Waals surface area contributed by atoms with Crippen molar-refractivity contribution in [3.63, 3.8) is 0 Å². The van der Waals surface area contributed by atoms with Gasteiger partial charge in [0.05, 0.1) is 15.5 Å². The van der Waals surface area contributed by atoms with Gasteiger partial charge in [0.1, 0.15) is 11.6 Å². The Hall–Kier alpha value is -2.53. The maximum atomic E-state index is 14.1. The topological polar surface area (TPSA) is 83.5 Å². The molecule has 0 aliphatic carbocycles. The van der Waals surface area contributed by atoms with Crippen LogP contribution in [0.25, 0.3) is 0 Å². The van der Waals surface area contributed by atoms with E-state index in [4.69, 9.17) is 0 Å². The molecule has 0 radical (unpaired) electrons. The van der Waals surface area contributed by atoms with Gasteiger partial charge in [-0.15, -0.1) is 0 Å². The molecule has 2 aromatic carbocycles. The lowest BCUT2D eigenvalue weighted by molar-refractivity contribution is -0.242. The van der Waals surface area contributed by atoms with Crippen molar-refractivity contribution >= 4 is 21.4 Å². The average Bonchev–Trinajstić information content (AvgIpc) is 2.55. The maximum absolute atomic E-state index is 14.1. The predicted octanol–water partition coefficient (Wildman–Crippen LogP) is 3.05. The number of hydrogen-bond donors (Lipinski definition) is 2. The molecule has 2 rings (SSSR count). The number of anilines is 1. The number of rotatable bonds is 4. The van der Waals surface area contributed by atoms with Crippen molar-refractivity contribution in [1.29, 1.82) is 0 Å². The normalized spacial score (nSPS) is 14.5. The number of carbonyl (C=O) groups excluding carboxylic acids is 1. The van der Waals surface area contributed by atoms with Gasteiger partial charge in [0.2, 0.25) is 15.4 Å². The van der Waals surface area contributed by atoms with Gasteiger partial charge in [-0.25, -0.2) is 17.2 Å². The summed E-state index contributed by atoms with van der Waals surface area (Å²) in [4.78, 5) is 10.7. The predicted molar refractivity (Wildman–Crippen MR) is 83.6 cm³/mol. The van der Waals surface area contributed by atoms with Crippen molar-refractivity contribution in [3.8, 4) is 0 Å². The first kappa shape index (κ1) is 20.8. The van der Waals surface area contributed by atoms with Crippen LogP contribution in [0.4, 0.5) is 27.6 Å². The number of nitrogens with one attached hydrogen (secondary N) is 1. The molecule has 0 bridgehead atoms. The van der Waals surface area contributed by atoms with Crippen molar-refractivity contribution in [2.45, 2.75) is 28.5 Å². The molecule has 0 aliphatic rings. The summed E-state index contributed by atoms with van der Waals surface area (Å²) in [6.07, 6.45) is -5.31. The largest absolute Gasteiger partial charge is 0.426 e. The van der Waals surface area contributed by atoms with Crippen LogP contribution in [0.1, 0.15) is 6.92 Å². The van der Waals surface area contributed by atoms with E-state index in [0.29, 0.717) is 6.07 Å². The van der Waals surface area contributed by atoms with Crippen LogP contribution in [-0.2, 0) is 14.6 Å². The summed E-state index contributed by atoms with van der Waals surface area (Å²) in [7, 11) is -4.22. The lowest BCUT2D eigenvalue weighted by Gasteiger charge is -2.25. The van der Waals surface area contributed by atoms with Gasteiger partial charge in [0.15, 0.2) is 0 Å². The van der Waals surface area contributed by atoms with Crippen LogP contribution in [0.5, 0.6) is 0 Å². The minimum Gasteiger partial charge on any atom is -0.373 e. The van der Waals surface area contributed by atoms with Crippen molar-refractivity contribution in [1.82, 2.24) is 0 Å². The summed E-state index contributed by atoms with van der Waals surface area (Å²) in [6, 6.07) is 5.75. The van der Waals surface area contributed by atoms with Crippen LogP contribution in [-0.4, -0.2) is 31.2 Å². The number of hydrogen-bond acceptors (Lipinski definition) is 4. The number of sulfone groups is 1. The molecule has 0 aliphatic heterocycles. The Balaban J connectivity index is 2.33. The second kappa shape index (κ2) is 6.89. The van der Waals surface area contributed by atoms with Crippen molar-refractivity contribution in [3.05, 3.63) is 54.1 Å². The molecular formula is C16H12F5NO4S. The van der Waals surface area contributed by atoms with Gasteiger partial charge >= 0.3 is 6.18 Å². The minimum absolute atomic E-state index is 0.188. The van der Waals surface area contributed by atoms with E-state index < -0.39 is 49.7 Å². The Kier molecular flexibility index (Phi) is 5.30. The first-order valence-corrected chi connectivity index (χ1v) is 8.66. The second-order valence-electron chi connectivity index (χ2n) is 5.62. The Morgan fingerprint density at radius 1 is 1.00 bits per heavy atom. The van der Waals surface area contributed by atoms with E-state index in [1.165, 1.54) is 0 Å². The molecule has 0 heterocycles. The molecule has 1 amide bonds. The minimum atomic E-state index is -5.31. The van der Waals surface area contributed by atoms with Gasteiger partial charge in [0.25, 0.3) is 5.91 Å². The van der Waals surface area contributed by atoms with Gasteiger partial charge in [-0.3, -0.25) is 4.79 Å². The smallest absolute Gasteiger partial charge is 0.373 e. The molecule has 27 heavy (non-hydrogen) atoms. The third-order valence-corrected chi connectivity index (χ3v) is 5.38. The molecule has 0 aromatic heterocycles. The molecule has 0 saturated heterocycles. The summed E-state index contributed by atoms with van der Waals surface area (Å²) >= 11 is 0. The van der Waals surface area contributed by atoms with E-state index in [2.05, 4.69) is 0 Å². The van der Waals surface area contributed by atoms with Gasteiger partial charge in [0, 0.05) is 0 Å². The second-order valence-corrected chi connectivity index (χ2v) is 7.57. The first-order valence-electron chi connectivity index (χ1n) is 7.17. The molecule has 1 atom stereocenters. The fourth-order valence-electron chi connectivity index (χ4n) is 1.89. The highest BCUT2D eigenvalue weighted by atomic mass is 32.2. The van der Waals surface area contributed by atoms with Crippen molar-refractivity contribution in [2.75, 3.05) is 5.32 Å². The van der Waals surface area contributed by atoms with Gasteiger partial charge < -0.3 is 10.4 Å². The Morgan fingerprint density at radius 2 is 1.52 bits per heavy atom. The number of halogens is 5. The lowest BCUT2D eigenvalue weighted by atomic mass is 10.1. The van der Waals surface area contributed by atoms with Crippen LogP contribution in [0.2, 0.25) is 0 Å². The Morgan fingerprint density at radius 3 is 2.00 bits per heavy atom. The maximum Gasteiger partial charge on any atom is 0.426 e. The van der Waals surface area contributed by atoms with Crippen LogP contribution in [0.3, 0.4) is 0 Å². The lowest BCUT2D eigenvalue weighted by Crippen LogP contribution is -2.52. The quantitative estimate of drug-likeness (QED) is 0.601. The van der Waals surface area contributed by atoms with Crippen LogP contribution in [0.15, 0.2) is 52.3 Å². The number of amides is 1. The molecule has 11 heteroatoms. The Bertz CT molecular complexity index is 969. The summed E-state index contributed by atoms with van der Waals surface area (Å²) in [6.45, 7) is 0.188. The zero-order valence-corrected chi connectivity index (χ0v) is 14.3. The highest BCUT2D eigenvalue weighted by Gasteiger charge is 2.55. The summed E-state index contributed by atoms with van der Waals surface area (Å²) in [5.74, 6) is -3.97. The molecule has 2 aromatic rings. The highest BCUT2D eigenvalue weighted by molar-refractivity contribution is 7.91. The molecule has 0 fully saturated rings. The van der Waals surface area contributed by atoms with E-state index in [1.54, 1.807) is 5.32 Å². The summed E-state index contributed by atoms with van der Waals surface area (Å²) < 4.78 is 89.6. The highest BCUT2D eigenvalue weighted by Crippen LogP contribution is 2.32. The van der Waals surface area contributed by atoms with Crippen molar-refractivity contribution < 1.29 is 40.3 Å². The van der Waals surface area contributed by atoms with E-state index in [0.717, 1.165) is 36.4 Å². The molecular weight excluding hydrogens is 397 g/mol. The van der Waals surface area contributed by atoms with Gasteiger partial charge in [-0.1, -0.05) is 0 Å². The molecule has 0 spiro atoms. The third-order valence-electron chi connectivity index (χ3n) is 3.62. The molecule has 5 nitrogen and oxygen atoms in total. The monoisotopic (exact) mass is 409 g/mol. The zero-order chi connectivity index (χ0) is 20.6. The molecule has 0 saturated carbocycles. The van der Waals surface area contributed by atoms with Crippen LogP contribution < -0.4 is 5.32 Å². The van der Waals surface area contributed by atoms with E-state index in [9.17, 15) is 40.3 Å². The molecule has 1 unspecified atom stereocenters. The van der Waals surface area contributed by atoms with Gasteiger partial charge in [-0.05, 0) is 49.4 Å². The fraction of sp³-hybridized carbons (Fsp3) is 0.188. The van der Waals surface area contributed by atoms with Gasteiger partial charge in [-0.2, -0.15) is 13.2 Å². The van der Waals surface area contributed by atoms with Crippen molar-refractivity contribution in [2.24, 2.45) is 0 Å². The van der Waals surface area contributed by atoms with Crippen LogP contribution in [0, 0.1) is 11.6 Å². The van der Waals surface area contributed by atoms with Crippen LogP contribution >= 0.6 is 0 Å². The van der Waals surface area contributed by atoms with E-state index >= 15 is 0 Å². The first-order chi connectivity index (χ1) is 12.3. The molecule has 146 valence electrons. The number of alkyl halides is 3. The average molecular weight is 409 g/mol. The van der Waals surface area contributed by atoms with E-state index in [1.807, 2.05) is 0 Å². The summed E-state index contributed by atoms with van der Waals surface area (Å²) in [5, 5.41) is 10.8. The SMILES string of the molecule is CC(O)(C(=O)Nc1ccc(S(=O)(=O)c2ccc(F)cc2)cc1F)C(F)(F)F. The number of carbonyl (C=O) groups is 1. The standard InChI is InChI=1S/C16H12F5NO4S/c1-15(24,16(19,20)21)14(23)22-13-7-6-11(8-12(13)18)27(25,26)10-4-2-9(17)3-5-10/h2-8,24H,1H3,(H,22,23). The third kappa shape index (κ3) is 4.08. The number of benzene rings is 2. The zero-order valence-electron chi connectivity index (χ0n) is 13.5. The Labute approximate surface area is 150 Å². The summed E-state index contributed by atoms with van der Waals surface area (Å²) in [5.41, 5.74) is -4.54. The number of aliphatic hydroxyl groups is 1. The van der Waals surface area contributed by atoms with E-state index in [-0.39, 0.29) is 11.8 Å². The fourth-order valence-corrected chi connectivity index (χ4v) is 3.16. The molecule has 2 N–H and O–H groups in total.